The molecule has 172 valence electrons. The second-order valence-electron chi connectivity index (χ2n) is 8.03. The number of para-hydroxylation sites is 1. The predicted octanol–water partition coefficient (Wildman–Crippen LogP) is 4.26. The number of aryl methyl sites for hydroxylation is 1. The van der Waals surface area contributed by atoms with Crippen LogP contribution in [0.5, 0.6) is 5.75 Å². The smallest absolute Gasteiger partial charge is 0.128 e. The summed E-state index contributed by atoms with van der Waals surface area (Å²) < 4.78 is 27.2. The maximum absolute atomic E-state index is 14.1. The van der Waals surface area contributed by atoms with Gasteiger partial charge < -0.3 is 19.1 Å². The van der Waals surface area contributed by atoms with E-state index in [1.54, 1.807) is 13.2 Å². The molecule has 5 nitrogen and oxygen atoms in total. The Balaban J connectivity index is 1.62. The van der Waals surface area contributed by atoms with Crippen molar-refractivity contribution in [2.24, 2.45) is 0 Å². The summed E-state index contributed by atoms with van der Waals surface area (Å²) in [5, 5.41) is 10.6. The molecule has 1 N–H and O–H groups in total. The van der Waals surface area contributed by atoms with Crippen LogP contribution in [0.1, 0.15) is 23.2 Å². The summed E-state index contributed by atoms with van der Waals surface area (Å²) in [6.45, 7) is 5.24. The highest BCUT2D eigenvalue weighted by Crippen LogP contribution is 2.17. The molecule has 1 heterocycles. The number of hydrogen-bond donors (Lipinski definition) is 1. The Morgan fingerprint density at radius 1 is 1.06 bits per heavy atom. The number of ether oxygens (including phenoxy) is 2. The van der Waals surface area contributed by atoms with E-state index in [0.717, 1.165) is 30.0 Å². The molecule has 1 unspecified atom stereocenters. The van der Waals surface area contributed by atoms with Crippen molar-refractivity contribution < 1.29 is 19.0 Å². The first-order valence-corrected chi connectivity index (χ1v) is 11.0. The number of benzene rings is 2. The Labute approximate surface area is 190 Å². The topological polar surface area (TPSA) is 46.9 Å². The lowest BCUT2D eigenvalue weighted by Crippen LogP contribution is -2.36. The van der Waals surface area contributed by atoms with Gasteiger partial charge in [0.05, 0.1) is 6.54 Å². The Kier molecular flexibility index (Phi) is 9.28. The van der Waals surface area contributed by atoms with E-state index >= 15 is 0 Å². The molecule has 0 bridgehead atoms. The van der Waals surface area contributed by atoms with Crippen LogP contribution in [0.4, 0.5) is 4.39 Å². The van der Waals surface area contributed by atoms with Crippen molar-refractivity contribution in [2.45, 2.75) is 32.5 Å². The zero-order valence-corrected chi connectivity index (χ0v) is 18.9. The Bertz CT molecular complexity index is 960. The average Bonchev–Trinajstić information content (AvgIpc) is 3.21. The molecule has 0 saturated carbocycles. The minimum Gasteiger partial charge on any atom is -0.491 e. The summed E-state index contributed by atoms with van der Waals surface area (Å²) in [6.07, 6.45) is 2.19. The second kappa shape index (κ2) is 12.4. The summed E-state index contributed by atoms with van der Waals surface area (Å²) in [5.74, 6) is 0.587. The average molecular weight is 441 g/mol. The van der Waals surface area contributed by atoms with Crippen LogP contribution in [-0.4, -0.2) is 54.1 Å². The van der Waals surface area contributed by atoms with Gasteiger partial charge in [0.25, 0.3) is 0 Å². The van der Waals surface area contributed by atoms with Gasteiger partial charge >= 0.3 is 0 Å². The number of methoxy groups -OCH3 is 1. The second-order valence-corrected chi connectivity index (χ2v) is 8.03. The summed E-state index contributed by atoms with van der Waals surface area (Å²) in [7, 11) is 1.69. The quantitative estimate of drug-likeness (QED) is 0.404. The first kappa shape index (κ1) is 24.0. The van der Waals surface area contributed by atoms with E-state index in [9.17, 15) is 9.50 Å². The first-order chi connectivity index (χ1) is 15.6. The minimum absolute atomic E-state index is 0.201. The van der Waals surface area contributed by atoms with Crippen LogP contribution in [0.2, 0.25) is 0 Å². The van der Waals surface area contributed by atoms with E-state index in [0.29, 0.717) is 31.8 Å². The van der Waals surface area contributed by atoms with E-state index in [4.69, 9.17) is 9.47 Å². The van der Waals surface area contributed by atoms with Crippen LogP contribution in [0.15, 0.2) is 66.9 Å². The molecule has 0 aliphatic heterocycles. The molecule has 0 radical (unpaired) electrons. The molecule has 1 atom stereocenters. The van der Waals surface area contributed by atoms with Gasteiger partial charge in [0.2, 0.25) is 0 Å². The highest BCUT2D eigenvalue weighted by Gasteiger charge is 2.16. The largest absolute Gasteiger partial charge is 0.491 e. The van der Waals surface area contributed by atoms with E-state index < -0.39 is 6.10 Å². The third kappa shape index (κ3) is 7.19. The van der Waals surface area contributed by atoms with E-state index in [-0.39, 0.29) is 12.4 Å². The highest BCUT2D eigenvalue weighted by molar-refractivity contribution is 5.31. The Morgan fingerprint density at radius 3 is 2.62 bits per heavy atom. The van der Waals surface area contributed by atoms with Gasteiger partial charge in [0.15, 0.2) is 0 Å². The highest BCUT2D eigenvalue weighted by atomic mass is 19.1. The van der Waals surface area contributed by atoms with Crippen molar-refractivity contribution in [3.05, 3.63) is 89.5 Å². The maximum Gasteiger partial charge on any atom is 0.128 e. The molecule has 6 heteroatoms. The lowest BCUT2D eigenvalue weighted by Gasteiger charge is -2.26. The summed E-state index contributed by atoms with van der Waals surface area (Å²) in [4.78, 5) is 2.19. The summed E-state index contributed by atoms with van der Waals surface area (Å²) in [6, 6.07) is 18.7. The van der Waals surface area contributed by atoms with Crippen molar-refractivity contribution in [3.63, 3.8) is 0 Å². The minimum atomic E-state index is -0.632. The summed E-state index contributed by atoms with van der Waals surface area (Å²) >= 11 is 0. The standard InChI is InChI=1S/C26H33FN2O3/c1-21-9-3-6-13-26(21)32-20-24(30)19-28(14-8-16-31-2)18-23-11-7-15-29(23)17-22-10-4-5-12-25(22)27/h3-7,9-13,15,24,30H,8,14,16-20H2,1-2H3. The number of rotatable bonds is 13. The van der Waals surface area contributed by atoms with Crippen LogP contribution in [-0.2, 0) is 17.8 Å². The van der Waals surface area contributed by atoms with E-state index in [1.807, 2.05) is 61.7 Å². The van der Waals surface area contributed by atoms with Crippen molar-refractivity contribution in [1.29, 1.82) is 0 Å². The molecule has 0 spiro atoms. The molecule has 0 amide bonds. The van der Waals surface area contributed by atoms with Crippen LogP contribution < -0.4 is 4.74 Å². The fourth-order valence-electron chi connectivity index (χ4n) is 3.71. The van der Waals surface area contributed by atoms with Gasteiger partial charge in [-0.15, -0.1) is 0 Å². The Hall–Kier alpha value is -2.67. The molecule has 1 aromatic heterocycles. The Morgan fingerprint density at radius 2 is 1.84 bits per heavy atom. The van der Waals surface area contributed by atoms with Gasteiger partial charge in [-0.25, -0.2) is 4.39 Å². The number of halogens is 1. The lowest BCUT2D eigenvalue weighted by atomic mass is 10.2. The third-order valence-electron chi connectivity index (χ3n) is 5.42. The molecule has 32 heavy (non-hydrogen) atoms. The van der Waals surface area contributed by atoms with Gasteiger partial charge in [0, 0.05) is 50.8 Å². The molecule has 0 aliphatic carbocycles. The molecular weight excluding hydrogens is 407 g/mol. The number of nitrogens with zero attached hydrogens (tertiary/aromatic N) is 2. The lowest BCUT2D eigenvalue weighted by molar-refractivity contribution is 0.0608. The SMILES string of the molecule is COCCCN(Cc1cccn1Cc1ccccc1F)CC(O)COc1ccccc1C. The molecular formula is C26H33FN2O3. The molecule has 2 aromatic carbocycles. The van der Waals surface area contributed by atoms with E-state index in [1.165, 1.54) is 6.07 Å². The number of aliphatic hydroxyl groups excluding tert-OH is 1. The zero-order valence-electron chi connectivity index (χ0n) is 18.9. The van der Waals surface area contributed by atoms with E-state index in [2.05, 4.69) is 9.47 Å². The fraction of sp³-hybridized carbons (Fsp3) is 0.385. The molecule has 3 aromatic rings. The van der Waals surface area contributed by atoms with Crippen molar-refractivity contribution >= 4 is 0 Å². The predicted molar refractivity (Wildman–Crippen MR) is 124 cm³/mol. The van der Waals surface area contributed by atoms with Crippen molar-refractivity contribution in [1.82, 2.24) is 9.47 Å². The molecule has 0 saturated heterocycles. The van der Waals surface area contributed by atoms with Gasteiger partial charge in [-0.05, 0) is 43.2 Å². The van der Waals surface area contributed by atoms with Crippen LogP contribution >= 0.6 is 0 Å². The van der Waals surface area contributed by atoms with Crippen LogP contribution in [0.25, 0.3) is 0 Å². The first-order valence-electron chi connectivity index (χ1n) is 11.0. The fourth-order valence-corrected chi connectivity index (χ4v) is 3.71. The number of aliphatic hydroxyl groups is 1. The van der Waals surface area contributed by atoms with Crippen molar-refractivity contribution in [3.8, 4) is 5.75 Å². The third-order valence-corrected chi connectivity index (χ3v) is 5.42. The van der Waals surface area contributed by atoms with Gasteiger partial charge in [-0.1, -0.05) is 36.4 Å². The number of aromatic nitrogens is 1. The van der Waals surface area contributed by atoms with Crippen molar-refractivity contribution in [2.75, 3.05) is 33.4 Å². The molecule has 0 aliphatic rings. The maximum atomic E-state index is 14.1. The summed E-state index contributed by atoms with van der Waals surface area (Å²) in [5.41, 5.74) is 2.77. The van der Waals surface area contributed by atoms with Crippen LogP contribution in [0, 0.1) is 12.7 Å². The molecule has 3 rings (SSSR count). The molecule has 0 fully saturated rings. The monoisotopic (exact) mass is 440 g/mol. The normalized spacial score (nSPS) is 12.3. The number of hydrogen-bond acceptors (Lipinski definition) is 4. The van der Waals surface area contributed by atoms with Gasteiger partial charge in [-0.2, -0.15) is 0 Å². The van der Waals surface area contributed by atoms with Crippen LogP contribution in [0.3, 0.4) is 0 Å². The van der Waals surface area contributed by atoms with Gasteiger partial charge in [-0.3, -0.25) is 4.90 Å². The zero-order chi connectivity index (χ0) is 22.8. The van der Waals surface area contributed by atoms with Gasteiger partial charge in [0.1, 0.15) is 24.3 Å².